The minimum absolute atomic E-state index is 0. The number of hydrogen-bond acceptors (Lipinski definition) is 4. The van der Waals surface area contributed by atoms with Gasteiger partial charge in [-0.15, -0.1) is 0 Å². The van der Waals surface area contributed by atoms with Gasteiger partial charge in [-0.05, 0) is 6.92 Å². The molecule has 0 aliphatic carbocycles. The van der Waals surface area contributed by atoms with E-state index in [1.54, 1.807) is 0 Å². The van der Waals surface area contributed by atoms with Crippen molar-refractivity contribution < 1.29 is 51.1 Å². The van der Waals surface area contributed by atoms with Gasteiger partial charge in [-0.1, -0.05) is 0 Å². The van der Waals surface area contributed by atoms with E-state index in [-0.39, 0.29) is 57.3 Å². The zero-order valence-corrected chi connectivity index (χ0v) is 10.1. The van der Waals surface area contributed by atoms with Crippen LogP contribution in [0.15, 0.2) is 0 Å². The van der Waals surface area contributed by atoms with Crippen molar-refractivity contribution >= 4 is 5.97 Å². The summed E-state index contributed by atoms with van der Waals surface area (Å²) in [6.07, 6.45) is 0. The van der Waals surface area contributed by atoms with Gasteiger partial charge < -0.3 is 16.7 Å². The number of carboxylic acid groups (broad SMARTS) is 1. The number of hydrogen-bond donors (Lipinski definition) is 3. The van der Waals surface area contributed by atoms with E-state index < -0.39 is 12.0 Å². The first-order valence-corrected chi connectivity index (χ1v) is 3.82. The molecule has 0 bridgehead atoms. The summed E-state index contributed by atoms with van der Waals surface area (Å²) in [6.45, 7) is 1.87. The standard InChI is InChI=1S/C7H15NO4.Na.H/c1-6(7(11)12)8(2-4-9)3-5-10;;/h6,9-10H,2-5H2,1H3,(H,11,12);;/q;+1;-1. The molecule has 0 fully saturated rings. The molecule has 1 atom stereocenters. The fraction of sp³-hybridized carbons (Fsp3) is 0.857. The Kier molecular flexibility index (Phi) is 10.9. The number of aliphatic hydroxyl groups excluding tert-OH is 2. The monoisotopic (exact) mass is 201 g/mol. The van der Waals surface area contributed by atoms with Gasteiger partial charge in [0.15, 0.2) is 0 Å². The maximum Gasteiger partial charge on any atom is 1.00 e. The SMILES string of the molecule is CC(C(=O)O)N(CCO)CCO.[H-].[Na+]. The van der Waals surface area contributed by atoms with Crippen LogP contribution in [0.1, 0.15) is 8.35 Å². The second-order valence-corrected chi connectivity index (χ2v) is 2.50. The summed E-state index contributed by atoms with van der Waals surface area (Å²) in [6, 6.07) is -0.663. The van der Waals surface area contributed by atoms with Crippen LogP contribution in [0.4, 0.5) is 0 Å². The third-order valence-electron chi connectivity index (χ3n) is 1.68. The molecule has 3 N–H and O–H groups in total. The predicted octanol–water partition coefficient (Wildman–Crippen LogP) is -4.14. The fourth-order valence-corrected chi connectivity index (χ4v) is 0.912. The normalized spacial score (nSPS) is 12.3. The summed E-state index contributed by atoms with van der Waals surface area (Å²) in [5.41, 5.74) is 0. The summed E-state index contributed by atoms with van der Waals surface area (Å²) in [4.78, 5) is 12.0. The molecular weight excluding hydrogens is 185 g/mol. The fourth-order valence-electron chi connectivity index (χ4n) is 0.912. The average Bonchev–Trinajstić information content (AvgIpc) is 2.03. The molecule has 5 nitrogen and oxygen atoms in total. The Morgan fingerprint density at radius 1 is 1.38 bits per heavy atom. The summed E-state index contributed by atoms with van der Waals surface area (Å²) >= 11 is 0. The number of aliphatic carboxylic acids is 1. The Morgan fingerprint density at radius 2 is 1.77 bits per heavy atom. The molecule has 0 aromatic rings. The molecular formula is C7H16NNaO4. The Balaban J connectivity index is -0.000000605. The maximum atomic E-state index is 10.5. The van der Waals surface area contributed by atoms with Crippen molar-refractivity contribution in [1.29, 1.82) is 0 Å². The summed E-state index contributed by atoms with van der Waals surface area (Å²) in [7, 11) is 0. The van der Waals surface area contributed by atoms with Crippen LogP contribution in [0.25, 0.3) is 0 Å². The largest absolute Gasteiger partial charge is 1.00 e. The second-order valence-electron chi connectivity index (χ2n) is 2.50. The van der Waals surface area contributed by atoms with Gasteiger partial charge in [0.2, 0.25) is 0 Å². The molecule has 0 aliphatic rings. The van der Waals surface area contributed by atoms with Gasteiger partial charge in [0.1, 0.15) is 6.04 Å². The van der Waals surface area contributed by atoms with E-state index in [1.807, 2.05) is 0 Å². The van der Waals surface area contributed by atoms with Gasteiger partial charge in [-0.2, -0.15) is 0 Å². The van der Waals surface area contributed by atoms with Crippen LogP contribution in [-0.2, 0) is 4.79 Å². The molecule has 0 saturated carbocycles. The smallest absolute Gasteiger partial charge is 1.00 e. The molecule has 0 radical (unpaired) electrons. The molecule has 0 spiro atoms. The number of aliphatic hydroxyl groups is 2. The molecule has 0 aromatic carbocycles. The molecule has 0 amide bonds. The van der Waals surface area contributed by atoms with E-state index in [1.165, 1.54) is 11.8 Å². The van der Waals surface area contributed by atoms with Crippen molar-refractivity contribution in [1.82, 2.24) is 4.90 Å². The quantitative estimate of drug-likeness (QED) is 0.380. The first-order valence-electron chi connectivity index (χ1n) is 3.82. The van der Waals surface area contributed by atoms with Gasteiger partial charge in [-0.3, -0.25) is 9.69 Å². The third kappa shape index (κ3) is 6.42. The number of carbonyl (C=O) groups is 1. The van der Waals surface area contributed by atoms with Gasteiger partial charge in [0.05, 0.1) is 13.2 Å². The van der Waals surface area contributed by atoms with E-state index in [9.17, 15) is 4.79 Å². The molecule has 0 aromatic heterocycles. The van der Waals surface area contributed by atoms with E-state index in [4.69, 9.17) is 15.3 Å². The second kappa shape index (κ2) is 8.93. The van der Waals surface area contributed by atoms with Crippen LogP contribution in [0.3, 0.4) is 0 Å². The first kappa shape index (κ1) is 15.8. The Labute approximate surface area is 101 Å². The zero-order valence-electron chi connectivity index (χ0n) is 9.10. The van der Waals surface area contributed by atoms with Crippen molar-refractivity contribution in [3.05, 3.63) is 0 Å². The topological polar surface area (TPSA) is 81.0 Å². The first-order chi connectivity index (χ1) is 5.63. The number of carboxylic acids is 1. The van der Waals surface area contributed by atoms with Gasteiger partial charge in [0.25, 0.3) is 0 Å². The summed E-state index contributed by atoms with van der Waals surface area (Å²) < 4.78 is 0. The van der Waals surface area contributed by atoms with Crippen molar-refractivity contribution in [3.8, 4) is 0 Å². The molecule has 13 heavy (non-hydrogen) atoms. The Morgan fingerprint density at radius 3 is 2.00 bits per heavy atom. The summed E-state index contributed by atoms with van der Waals surface area (Å²) in [5.74, 6) is -0.947. The average molecular weight is 201 g/mol. The molecule has 0 heterocycles. The molecule has 1 unspecified atom stereocenters. The van der Waals surface area contributed by atoms with E-state index >= 15 is 0 Å². The predicted molar refractivity (Wildman–Crippen MR) is 44.0 cm³/mol. The molecule has 74 valence electrons. The molecule has 6 heteroatoms. The van der Waals surface area contributed by atoms with Crippen LogP contribution in [0.5, 0.6) is 0 Å². The Hall–Kier alpha value is 0.350. The molecule has 0 aliphatic heterocycles. The van der Waals surface area contributed by atoms with E-state index in [0.717, 1.165) is 0 Å². The number of nitrogens with zero attached hydrogens (tertiary/aromatic N) is 1. The number of rotatable bonds is 6. The maximum absolute atomic E-state index is 10.5. The van der Waals surface area contributed by atoms with E-state index in [0.29, 0.717) is 0 Å². The van der Waals surface area contributed by atoms with Crippen molar-refractivity contribution in [2.75, 3.05) is 26.3 Å². The van der Waals surface area contributed by atoms with Gasteiger partial charge >= 0.3 is 35.5 Å². The van der Waals surface area contributed by atoms with Crippen molar-refractivity contribution in [3.63, 3.8) is 0 Å². The van der Waals surface area contributed by atoms with Crippen molar-refractivity contribution in [2.45, 2.75) is 13.0 Å². The minimum Gasteiger partial charge on any atom is -1.00 e. The summed E-state index contributed by atoms with van der Waals surface area (Å²) in [5, 5.41) is 25.8. The zero-order chi connectivity index (χ0) is 9.56. The van der Waals surface area contributed by atoms with Crippen molar-refractivity contribution in [2.24, 2.45) is 0 Å². The van der Waals surface area contributed by atoms with Gasteiger partial charge in [0, 0.05) is 13.1 Å². The van der Waals surface area contributed by atoms with Gasteiger partial charge in [-0.25, -0.2) is 0 Å². The third-order valence-corrected chi connectivity index (χ3v) is 1.68. The van der Waals surface area contributed by atoms with Crippen LogP contribution in [-0.4, -0.2) is 58.5 Å². The van der Waals surface area contributed by atoms with Crippen LogP contribution in [0, 0.1) is 0 Å². The van der Waals surface area contributed by atoms with Crippen LogP contribution < -0.4 is 29.6 Å². The Bertz CT molecular complexity index is 144. The minimum atomic E-state index is -0.947. The molecule has 0 rings (SSSR count). The van der Waals surface area contributed by atoms with E-state index in [2.05, 4.69) is 0 Å². The van der Waals surface area contributed by atoms with Crippen LogP contribution in [0.2, 0.25) is 0 Å². The van der Waals surface area contributed by atoms with Crippen LogP contribution >= 0.6 is 0 Å². The molecule has 0 saturated heterocycles.